The summed E-state index contributed by atoms with van der Waals surface area (Å²) in [5.41, 5.74) is -0.359. The van der Waals surface area contributed by atoms with Crippen LogP contribution in [0.3, 0.4) is 0 Å². The summed E-state index contributed by atoms with van der Waals surface area (Å²) in [6, 6.07) is 2.97. The molecule has 0 saturated heterocycles. The summed E-state index contributed by atoms with van der Waals surface area (Å²) in [4.78, 5) is 0. The summed E-state index contributed by atoms with van der Waals surface area (Å²) in [5.74, 6) is 0.590. The summed E-state index contributed by atoms with van der Waals surface area (Å²) in [6.07, 6.45) is 4.27. The average molecular weight is 224 g/mol. The highest BCUT2D eigenvalue weighted by molar-refractivity contribution is 5.06. The molecule has 1 atom stereocenters. The Kier molecular flexibility index (Phi) is 5.24. The number of nitrogens with zero attached hydrogens (tertiary/aromatic N) is 1. The Morgan fingerprint density at radius 1 is 1.50 bits per heavy atom. The van der Waals surface area contributed by atoms with Gasteiger partial charge in [-0.15, -0.1) is 0 Å². The highest BCUT2D eigenvalue weighted by Crippen LogP contribution is 2.24. The molecule has 0 spiro atoms. The van der Waals surface area contributed by atoms with Crippen LogP contribution in [0.4, 0.5) is 0 Å². The van der Waals surface area contributed by atoms with Crippen molar-refractivity contribution in [1.29, 1.82) is 5.26 Å². The minimum atomic E-state index is -0.359. The summed E-state index contributed by atoms with van der Waals surface area (Å²) >= 11 is 0. The molecule has 0 aromatic rings. The molecule has 1 N–H and O–H groups in total. The van der Waals surface area contributed by atoms with E-state index in [0.717, 1.165) is 26.1 Å². The zero-order valence-corrected chi connectivity index (χ0v) is 10.8. The topological polar surface area (TPSA) is 45.0 Å². The van der Waals surface area contributed by atoms with Gasteiger partial charge in [0.05, 0.1) is 6.07 Å². The maximum atomic E-state index is 9.15. The fraction of sp³-hybridized carbons (Fsp3) is 0.923. The van der Waals surface area contributed by atoms with Crippen LogP contribution in [0.15, 0.2) is 0 Å². The number of hydrogen-bond donors (Lipinski definition) is 1. The molecule has 0 heterocycles. The smallest absolute Gasteiger partial charge is 0.104 e. The lowest BCUT2D eigenvalue weighted by atomic mass is 9.98. The molecule has 16 heavy (non-hydrogen) atoms. The molecule has 3 nitrogen and oxygen atoms in total. The predicted octanol–water partition coefficient (Wildman–Crippen LogP) is 2.47. The van der Waals surface area contributed by atoms with Crippen molar-refractivity contribution in [2.45, 2.75) is 58.0 Å². The second-order valence-corrected chi connectivity index (χ2v) is 5.43. The first kappa shape index (κ1) is 13.5. The van der Waals surface area contributed by atoms with Gasteiger partial charge in [0.2, 0.25) is 0 Å². The van der Waals surface area contributed by atoms with E-state index in [4.69, 9.17) is 10.00 Å². The predicted molar refractivity (Wildman–Crippen MR) is 65.1 cm³/mol. The van der Waals surface area contributed by atoms with E-state index in [1.807, 2.05) is 6.92 Å². The normalized spacial score (nSPS) is 19.4. The van der Waals surface area contributed by atoms with Crippen LogP contribution in [-0.4, -0.2) is 24.8 Å². The van der Waals surface area contributed by atoms with Crippen molar-refractivity contribution in [3.8, 4) is 6.07 Å². The molecule has 0 amide bonds. The molecule has 0 aliphatic heterocycles. The Morgan fingerprint density at radius 3 is 2.69 bits per heavy atom. The van der Waals surface area contributed by atoms with Gasteiger partial charge in [0, 0.05) is 19.3 Å². The van der Waals surface area contributed by atoms with Crippen molar-refractivity contribution in [1.82, 2.24) is 5.32 Å². The first-order chi connectivity index (χ1) is 7.56. The molecule has 92 valence electrons. The van der Waals surface area contributed by atoms with Crippen LogP contribution in [-0.2, 0) is 4.74 Å². The van der Waals surface area contributed by atoms with Crippen molar-refractivity contribution >= 4 is 0 Å². The van der Waals surface area contributed by atoms with Crippen molar-refractivity contribution in [3.63, 3.8) is 0 Å². The van der Waals surface area contributed by atoms with Gasteiger partial charge in [-0.1, -0.05) is 13.8 Å². The molecule has 0 aromatic heterocycles. The monoisotopic (exact) mass is 224 g/mol. The van der Waals surface area contributed by atoms with Crippen LogP contribution in [0, 0.1) is 17.2 Å². The molecule has 1 saturated carbocycles. The molecule has 1 aliphatic rings. The van der Waals surface area contributed by atoms with Crippen LogP contribution in [0.5, 0.6) is 0 Å². The molecular weight excluding hydrogens is 200 g/mol. The number of nitrogens with one attached hydrogen (secondary N) is 1. The van der Waals surface area contributed by atoms with Crippen LogP contribution in [0.2, 0.25) is 0 Å². The fourth-order valence-corrected chi connectivity index (χ4v) is 1.69. The first-order valence-corrected chi connectivity index (χ1v) is 6.32. The highest BCUT2D eigenvalue weighted by atomic mass is 16.5. The molecule has 1 rings (SSSR count). The van der Waals surface area contributed by atoms with Crippen LogP contribution in [0.25, 0.3) is 0 Å². The quantitative estimate of drug-likeness (QED) is 0.644. The number of rotatable bonds is 8. The van der Waals surface area contributed by atoms with Gasteiger partial charge < -0.3 is 4.74 Å². The Morgan fingerprint density at radius 2 is 2.19 bits per heavy atom. The lowest BCUT2D eigenvalue weighted by Crippen LogP contribution is -2.42. The maximum absolute atomic E-state index is 9.15. The van der Waals surface area contributed by atoms with Gasteiger partial charge >= 0.3 is 0 Å². The Bertz CT molecular complexity index is 243. The van der Waals surface area contributed by atoms with E-state index < -0.39 is 0 Å². The summed E-state index contributed by atoms with van der Waals surface area (Å²) in [7, 11) is 0. The van der Waals surface area contributed by atoms with Gasteiger partial charge in [0.15, 0.2) is 0 Å². The standard InChI is InChI=1S/C13H24N2O/c1-11(2)9-16-8-4-7-13(3,10-14)15-12-5-6-12/h11-12,15H,4-9H2,1-3H3. The number of hydrogen-bond acceptors (Lipinski definition) is 3. The maximum Gasteiger partial charge on any atom is 0.104 e. The van der Waals surface area contributed by atoms with Crippen molar-refractivity contribution < 1.29 is 4.74 Å². The van der Waals surface area contributed by atoms with Gasteiger partial charge in [0.25, 0.3) is 0 Å². The Hall–Kier alpha value is -0.590. The van der Waals surface area contributed by atoms with E-state index in [-0.39, 0.29) is 5.54 Å². The van der Waals surface area contributed by atoms with Gasteiger partial charge in [-0.05, 0) is 38.5 Å². The van der Waals surface area contributed by atoms with Gasteiger partial charge in [-0.25, -0.2) is 0 Å². The zero-order chi connectivity index (χ0) is 12.0. The van der Waals surface area contributed by atoms with E-state index in [9.17, 15) is 0 Å². The summed E-state index contributed by atoms with van der Waals surface area (Å²) < 4.78 is 5.52. The molecule has 3 heteroatoms. The van der Waals surface area contributed by atoms with Gasteiger partial charge in [-0.3, -0.25) is 5.32 Å². The third-order valence-corrected chi connectivity index (χ3v) is 2.76. The highest BCUT2D eigenvalue weighted by Gasteiger charge is 2.31. The van der Waals surface area contributed by atoms with Crippen LogP contribution >= 0.6 is 0 Å². The van der Waals surface area contributed by atoms with Gasteiger partial charge in [-0.2, -0.15) is 5.26 Å². The first-order valence-electron chi connectivity index (χ1n) is 6.32. The molecule has 0 bridgehead atoms. The summed E-state index contributed by atoms with van der Waals surface area (Å²) in [5, 5.41) is 12.6. The summed E-state index contributed by atoms with van der Waals surface area (Å²) in [6.45, 7) is 7.87. The Balaban J connectivity index is 2.10. The van der Waals surface area contributed by atoms with Crippen LogP contribution < -0.4 is 5.32 Å². The molecular formula is C13H24N2O. The minimum absolute atomic E-state index is 0.359. The lowest BCUT2D eigenvalue weighted by molar-refractivity contribution is 0.103. The molecule has 0 radical (unpaired) electrons. The third kappa shape index (κ3) is 5.48. The lowest BCUT2D eigenvalue weighted by Gasteiger charge is -2.23. The van der Waals surface area contributed by atoms with E-state index in [1.54, 1.807) is 0 Å². The Labute approximate surface area is 99.2 Å². The van der Waals surface area contributed by atoms with E-state index in [2.05, 4.69) is 25.2 Å². The molecule has 1 aliphatic carbocycles. The molecule has 1 unspecified atom stereocenters. The average Bonchev–Trinajstić information content (AvgIpc) is 3.01. The minimum Gasteiger partial charge on any atom is -0.381 e. The van der Waals surface area contributed by atoms with Crippen molar-refractivity contribution in [3.05, 3.63) is 0 Å². The van der Waals surface area contributed by atoms with Gasteiger partial charge in [0.1, 0.15) is 5.54 Å². The fourth-order valence-electron chi connectivity index (χ4n) is 1.69. The van der Waals surface area contributed by atoms with E-state index in [1.165, 1.54) is 12.8 Å². The second-order valence-electron chi connectivity index (χ2n) is 5.43. The van der Waals surface area contributed by atoms with Crippen molar-refractivity contribution in [2.75, 3.05) is 13.2 Å². The van der Waals surface area contributed by atoms with E-state index in [0.29, 0.717) is 12.0 Å². The second kappa shape index (κ2) is 6.22. The van der Waals surface area contributed by atoms with E-state index >= 15 is 0 Å². The zero-order valence-electron chi connectivity index (χ0n) is 10.8. The largest absolute Gasteiger partial charge is 0.381 e. The van der Waals surface area contributed by atoms with Crippen molar-refractivity contribution in [2.24, 2.45) is 5.92 Å². The molecule has 0 aromatic carbocycles. The van der Waals surface area contributed by atoms with Crippen LogP contribution in [0.1, 0.15) is 46.5 Å². The molecule has 1 fully saturated rings. The SMILES string of the molecule is CC(C)COCCCC(C)(C#N)NC1CC1. The number of ether oxygens (including phenoxy) is 1. The number of nitriles is 1. The third-order valence-electron chi connectivity index (χ3n) is 2.76.